The fourth-order valence-corrected chi connectivity index (χ4v) is 3.46. The van der Waals surface area contributed by atoms with Crippen molar-refractivity contribution in [2.24, 2.45) is 0 Å². The highest BCUT2D eigenvalue weighted by atomic mass is 16.1. The van der Waals surface area contributed by atoms with Gasteiger partial charge >= 0.3 is 5.69 Å². The number of aromatic nitrogens is 3. The molecule has 1 N–H and O–H groups in total. The van der Waals surface area contributed by atoms with Gasteiger partial charge < -0.3 is 9.55 Å². The Bertz CT molecular complexity index is 917. The molecule has 3 rings (SSSR count). The third-order valence-corrected chi connectivity index (χ3v) is 4.54. The van der Waals surface area contributed by atoms with E-state index >= 15 is 0 Å². The molecule has 0 aliphatic carbocycles. The fourth-order valence-electron chi connectivity index (χ4n) is 3.46. The lowest BCUT2D eigenvalue weighted by molar-refractivity contribution is 0.674. The van der Waals surface area contributed by atoms with E-state index in [4.69, 9.17) is 0 Å². The molecule has 0 radical (unpaired) electrons. The van der Waals surface area contributed by atoms with Crippen LogP contribution in [0.2, 0.25) is 0 Å². The number of rotatable bonds is 5. The van der Waals surface area contributed by atoms with Crippen LogP contribution in [0.3, 0.4) is 0 Å². The molecule has 0 aliphatic rings. The summed E-state index contributed by atoms with van der Waals surface area (Å²) in [6.07, 6.45) is 2.84. The molecule has 1 aromatic carbocycles. The minimum Gasteiger partial charge on any atom is -0.342 e. The topological polar surface area (TPSA) is 50.7 Å². The molecule has 0 saturated heterocycles. The molecule has 2 heterocycles. The molecule has 3 aromatic rings. The van der Waals surface area contributed by atoms with Crippen LogP contribution in [0.25, 0.3) is 22.2 Å². The van der Waals surface area contributed by atoms with Gasteiger partial charge in [0.2, 0.25) is 0 Å². The number of hydrogen-bond acceptors (Lipinski definition) is 2. The molecule has 0 unspecified atom stereocenters. The van der Waals surface area contributed by atoms with Crippen LogP contribution in [0.15, 0.2) is 29.1 Å². The Labute approximate surface area is 142 Å². The van der Waals surface area contributed by atoms with Crippen LogP contribution in [0, 0.1) is 13.8 Å². The van der Waals surface area contributed by atoms with E-state index in [9.17, 15) is 4.79 Å². The van der Waals surface area contributed by atoms with Gasteiger partial charge in [-0.1, -0.05) is 50.1 Å². The van der Waals surface area contributed by atoms with Crippen LogP contribution in [0.4, 0.5) is 0 Å². The summed E-state index contributed by atoms with van der Waals surface area (Å²) in [5.74, 6) is 0. The quantitative estimate of drug-likeness (QED) is 0.758. The van der Waals surface area contributed by atoms with Crippen LogP contribution in [-0.2, 0) is 13.0 Å². The molecule has 2 aromatic heterocycles. The summed E-state index contributed by atoms with van der Waals surface area (Å²) in [6, 6.07) is 8.50. The summed E-state index contributed by atoms with van der Waals surface area (Å²) in [7, 11) is 0. The smallest absolute Gasteiger partial charge is 0.342 e. The van der Waals surface area contributed by atoms with E-state index in [1.54, 1.807) is 0 Å². The molecule has 4 heteroatoms. The first-order valence-corrected chi connectivity index (χ1v) is 8.75. The van der Waals surface area contributed by atoms with Crippen molar-refractivity contribution in [3.8, 4) is 11.3 Å². The first-order chi connectivity index (χ1) is 11.6. The third kappa shape index (κ3) is 2.77. The lowest BCUT2D eigenvalue weighted by atomic mass is 10.1. The van der Waals surface area contributed by atoms with Crippen molar-refractivity contribution in [2.75, 3.05) is 0 Å². The fraction of sp³-hybridized carbons (Fsp3) is 0.400. The van der Waals surface area contributed by atoms with Gasteiger partial charge in [-0.3, -0.25) is 0 Å². The van der Waals surface area contributed by atoms with Gasteiger partial charge in [-0.05, 0) is 26.7 Å². The molecular weight excluding hydrogens is 298 g/mol. The predicted octanol–water partition coefficient (Wildman–Crippen LogP) is 4.37. The molecular formula is C20H25N3O. The standard InChI is InChI=1S/C20H25N3O/c1-5-7-16-17-14(4)23(12-6-2)19(18(17)22-20(24)21-16)15-10-8-13(3)9-11-15/h8-11H,5-7,12H2,1-4H3,(H,22,24). The Morgan fingerprint density at radius 2 is 1.79 bits per heavy atom. The molecule has 4 nitrogen and oxygen atoms in total. The van der Waals surface area contributed by atoms with Gasteiger partial charge in [0.25, 0.3) is 0 Å². The molecule has 0 amide bonds. The second-order valence-corrected chi connectivity index (χ2v) is 6.44. The maximum absolute atomic E-state index is 12.1. The molecule has 0 spiro atoms. The average molecular weight is 323 g/mol. The van der Waals surface area contributed by atoms with Crippen LogP contribution in [-0.4, -0.2) is 14.5 Å². The highest BCUT2D eigenvalue weighted by molar-refractivity contribution is 5.96. The average Bonchev–Trinajstić information content (AvgIpc) is 2.81. The van der Waals surface area contributed by atoms with Crippen molar-refractivity contribution in [1.82, 2.24) is 14.5 Å². The van der Waals surface area contributed by atoms with E-state index < -0.39 is 0 Å². The van der Waals surface area contributed by atoms with Crippen molar-refractivity contribution < 1.29 is 0 Å². The zero-order valence-electron chi connectivity index (χ0n) is 14.9. The van der Waals surface area contributed by atoms with Crippen molar-refractivity contribution in [3.63, 3.8) is 0 Å². The molecule has 24 heavy (non-hydrogen) atoms. The molecule has 0 saturated carbocycles. The lowest BCUT2D eigenvalue weighted by Gasteiger charge is -2.11. The van der Waals surface area contributed by atoms with E-state index in [0.29, 0.717) is 0 Å². The molecule has 0 atom stereocenters. The van der Waals surface area contributed by atoms with Crippen molar-refractivity contribution >= 4 is 10.9 Å². The van der Waals surface area contributed by atoms with E-state index in [2.05, 4.69) is 66.5 Å². The van der Waals surface area contributed by atoms with Crippen LogP contribution in [0.5, 0.6) is 0 Å². The zero-order chi connectivity index (χ0) is 17.3. The van der Waals surface area contributed by atoms with E-state index in [0.717, 1.165) is 53.7 Å². The summed E-state index contributed by atoms with van der Waals surface area (Å²) in [5, 5.41) is 1.11. The maximum atomic E-state index is 12.1. The number of H-pyrrole nitrogens is 1. The normalized spacial score (nSPS) is 11.3. The number of aryl methyl sites for hydroxylation is 3. The van der Waals surface area contributed by atoms with Crippen molar-refractivity contribution in [3.05, 3.63) is 51.7 Å². The Balaban J connectivity index is 2.39. The summed E-state index contributed by atoms with van der Waals surface area (Å²) in [5.41, 5.74) is 6.24. The molecule has 0 aliphatic heterocycles. The van der Waals surface area contributed by atoms with Crippen LogP contribution < -0.4 is 5.69 Å². The molecule has 0 bridgehead atoms. The first-order valence-electron chi connectivity index (χ1n) is 8.75. The van der Waals surface area contributed by atoms with Crippen LogP contribution in [0.1, 0.15) is 43.6 Å². The Hall–Kier alpha value is -2.36. The van der Waals surface area contributed by atoms with Crippen LogP contribution >= 0.6 is 0 Å². The van der Waals surface area contributed by atoms with Crippen molar-refractivity contribution in [1.29, 1.82) is 0 Å². The Morgan fingerprint density at radius 1 is 1.08 bits per heavy atom. The second-order valence-electron chi connectivity index (χ2n) is 6.44. The summed E-state index contributed by atoms with van der Waals surface area (Å²) < 4.78 is 2.33. The second kappa shape index (κ2) is 6.63. The molecule has 0 fully saturated rings. The zero-order valence-corrected chi connectivity index (χ0v) is 14.9. The van der Waals surface area contributed by atoms with Gasteiger partial charge in [-0.25, -0.2) is 4.79 Å². The minimum atomic E-state index is -0.257. The summed E-state index contributed by atoms with van der Waals surface area (Å²) >= 11 is 0. The van der Waals surface area contributed by atoms with Gasteiger partial charge in [0.15, 0.2) is 0 Å². The third-order valence-electron chi connectivity index (χ3n) is 4.54. The SMILES string of the molecule is CCCc1nc(=O)[nH]c2c(-c3ccc(C)cc3)n(CCC)c(C)c12. The van der Waals surface area contributed by atoms with Gasteiger partial charge in [0, 0.05) is 23.2 Å². The van der Waals surface area contributed by atoms with Gasteiger partial charge in [0.1, 0.15) is 0 Å². The molecule has 126 valence electrons. The lowest BCUT2D eigenvalue weighted by Crippen LogP contribution is -2.13. The number of aromatic amines is 1. The maximum Gasteiger partial charge on any atom is 0.345 e. The Kier molecular flexibility index (Phi) is 4.56. The van der Waals surface area contributed by atoms with E-state index in [1.807, 2.05) is 0 Å². The number of benzene rings is 1. The Morgan fingerprint density at radius 3 is 2.42 bits per heavy atom. The van der Waals surface area contributed by atoms with E-state index in [-0.39, 0.29) is 5.69 Å². The number of nitrogens with one attached hydrogen (secondary N) is 1. The van der Waals surface area contributed by atoms with Gasteiger partial charge in [-0.2, -0.15) is 4.98 Å². The van der Waals surface area contributed by atoms with Crippen molar-refractivity contribution in [2.45, 2.75) is 53.5 Å². The monoisotopic (exact) mass is 323 g/mol. The number of nitrogens with zero attached hydrogens (tertiary/aromatic N) is 2. The first kappa shape index (κ1) is 16.5. The number of hydrogen-bond donors (Lipinski definition) is 1. The predicted molar refractivity (Wildman–Crippen MR) is 99.5 cm³/mol. The summed E-state index contributed by atoms with van der Waals surface area (Å²) in [4.78, 5) is 19.4. The highest BCUT2D eigenvalue weighted by Crippen LogP contribution is 2.34. The number of fused-ring (bicyclic) bond motifs is 1. The van der Waals surface area contributed by atoms with Gasteiger partial charge in [-0.15, -0.1) is 0 Å². The summed E-state index contributed by atoms with van der Waals surface area (Å²) in [6.45, 7) is 9.44. The highest BCUT2D eigenvalue weighted by Gasteiger charge is 2.19. The largest absolute Gasteiger partial charge is 0.345 e. The minimum absolute atomic E-state index is 0.257. The van der Waals surface area contributed by atoms with Gasteiger partial charge in [0.05, 0.1) is 16.9 Å². The van der Waals surface area contributed by atoms with E-state index in [1.165, 1.54) is 11.3 Å².